The van der Waals surface area contributed by atoms with Gasteiger partial charge >= 0.3 is 8.80 Å². The highest BCUT2D eigenvalue weighted by Crippen LogP contribution is 2.16. The zero-order chi connectivity index (χ0) is 11.1. The summed E-state index contributed by atoms with van der Waals surface area (Å²) in [7, 11) is 2.56. The van der Waals surface area contributed by atoms with Crippen LogP contribution >= 0.6 is 0 Å². The number of nitrogens with one attached hydrogen (secondary N) is 1. The number of nitrogens with zero attached hydrogens (tertiary/aromatic N) is 1. The van der Waals surface area contributed by atoms with E-state index in [0.29, 0.717) is 0 Å². The van der Waals surface area contributed by atoms with Crippen LogP contribution in [-0.2, 0) is 13.3 Å². The van der Waals surface area contributed by atoms with Gasteiger partial charge in [0.2, 0.25) is 0 Å². The standard InChI is InChI=1S/C9H20N2O3Si/c1-12-15(13-2,14-3)8-4-5-9-10-6-7-11-9/h4-8H2,1-3H3,(H,10,11). The highest BCUT2D eigenvalue weighted by Gasteiger charge is 2.36. The molecular weight excluding hydrogens is 212 g/mol. The molecule has 0 saturated heterocycles. The number of aliphatic imine (C=N–C) groups is 1. The molecule has 0 radical (unpaired) electrons. The maximum Gasteiger partial charge on any atom is 0.500 e. The van der Waals surface area contributed by atoms with E-state index in [1.807, 2.05) is 0 Å². The van der Waals surface area contributed by atoms with E-state index in [-0.39, 0.29) is 0 Å². The maximum absolute atomic E-state index is 5.34. The minimum absolute atomic E-state index is 0.831. The second-order valence-corrected chi connectivity index (χ2v) is 6.49. The molecule has 1 rings (SSSR count). The fourth-order valence-corrected chi connectivity index (χ4v) is 3.37. The molecule has 0 bridgehead atoms. The zero-order valence-electron chi connectivity index (χ0n) is 9.71. The summed E-state index contributed by atoms with van der Waals surface area (Å²) in [5, 5.41) is 3.24. The second kappa shape index (κ2) is 6.22. The van der Waals surface area contributed by atoms with Gasteiger partial charge in [0.1, 0.15) is 0 Å². The van der Waals surface area contributed by atoms with Gasteiger partial charge in [0, 0.05) is 40.3 Å². The van der Waals surface area contributed by atoms with Gasteiger partial charge in [0.25, 0.3) is 0 Å². The predicted octanol–water partition coefficient (Wildman–Crippen LogP) is 0.646. The normalized spacial score (nSPS) is 16.3. The van der Waals surface area contributed by atoms with Crippen molar-refractivity contribution in [2.75, 3.05) is 34.4 Å². The minimum atomic E-state index is -2.37. The van der Waals surface area contributed by atoms with Crippen molar-refractivity contribution in [2.24, 2.45) is 4.99 Å². The number of hydrogen-bond donors (Lipinski definition) is 1. The summed E-state index contributed by atoms with van der Waals surface area (Å²) in [5.41, 5.74) is 0. The van der Waals surface area contributed by atoms with Crippen LogP contribution in [0.2, 0.25) is 6.04 Å². The van der Waals surface area contributed by atoms with E-state index in [4.69, 9.17) is 13.3 Å². The molecule has 0 aliphatic carbocycles. The topological polar surface area (TPSA) is 52.1 Å². The highest BCUT2D eigenvalue weighted by molar-refractivity contribution is 6.60. The van der Waals surface area contributed by atoms with Crippen molar-refractivity contribution in [1.82, 2.24) is 5.32 Å². The van der Waals surface area contributed by atoms with Crippen LogP contribution in [0.15, 0.2) is 4.99 Å². The first-order chi connectivity index (χ1) is 7.26. The first-order valence-corrected chi connectivity index (χ1v) is 7.12. The van der Waals surface area contributed by atoms with Crippen LogP contribution < -0.4 is 5.32 Å². The summed E-state index contributed by atoms with van der Waals surface area (Å²) in [4.78, 5) is 4.33. The van der Waals surface area contributed by atoms with Gasteiger partial charge < -0.3 is 18.6 Å². The Kier molecular flexibility index (Phi) is 5.24. The third-order valence-electron chi connectivity index (χ3n) is 2.57. The number of hydrogen-bond acceptors (Lipinski definition) is 5. The largest absolute Gasteiger partial charge is 0.500 e. The molecule has 0 saturated carbocycles. The summed E-state index contributed by atoms with van der Waals surface area (Å²) in [6.45, 7) is 1.87. The van der Waals surface area contributed by atoms with Gasteiger partial charge in [-0.1, -0.05) is 0 Å². The highest BCUT2D eigenvalue weighted by atomic mass is 28.4. The van der Waals surface area contributed by atoms with E-state index < -0.39 is 8.80 Å². The fourth-order valence-electron chi connectivity index (χ4n) is 1.64. The van der Waals surface area contributed by atoms with Crippen molar-refractivity contribution in [1.29, 1.82) is 0 Å². The van der Waals surface area contributed by atoms with Crippen LogP contribution in [0, 0.1) is 0 Å². The van der Waals surface area contributed by atoms with Crippen LogP contribution in [0.1, 0.15) is 12.8 Å². The molecule has 5 nitrogen and oxygen atoms in total. The Labute approximate surface area is 92.2 Å². The van der Waals surface area contributed by atoms with Gasteiger partial charge in [0.05, 0.1) is 12.4 Å². The number of rotatable bonds is 7. The van der Waals surface area contributed by atoms with Crippen molar-refractivity contribution in [2.45, 2.75) is 18.9 Å². The maximum atomic E-state index is 5.34. The lowest BCUT2D eigenvalue weighted by Crippen LogP contribution is -2.42. The Morgan fingerprint density at radius 2 is 1.93 bits per heavy atom. The SMILES string of the molecule is CO[Si](CCCC1=NCCN1)(OC)OC. The summed E-state index contributed by atoms with van der Waals surface area (Å²) in [6, 6.07) is 0.831. The molecule has 0 unspecified atom stereocenters. The van der Waals surface area contributed by atoms with Crippen molar-refractivity contribution in [3.05, 3.63) is 0 Å². The molecule has 1 heterocycles. The van der Waals surface area contributed by atoms with Crippen LogP contribution in [0.3, 0.4) is 0 Å². The van der Waals surface area contributed by atoms with Crippen molar-refractivity contribution >= 4 is 14.6 Å². The van der Waals surface area contributed by atoms with Crippen molar-refractivity contribution in [3.8, 4) is 0 Å². The van der Waals surface area contributed by atoms with Crippen LogP contribution in [0.25, 0.3) is 0 Å². The first-order valence-electron chi connectivity index (χ1n) is 5.19. The van der Waals surface area contributed by atoms with Crippen LogP contribution in [0.5, 0.6) is 0 Å². The van der Waals surface area contributed by atoms with Gasteiger partial charge in [-0.3, -0.25) is 4.99 Å². The van der Waals surface area contributed by atoms with Crippen LogP contribution in [-0.4, -0.2) is 49.1 Å². The van der Waals surface area contributed by atoms with E-state index >= 15 is 0 Å². The molecule has 6 heteroatoms. The monoisotopic (exact) mass is 232 g/mol. The lowest BCUT2D eigenvalue weighted by Gasteiger charge is -2.24. The molecule has 0 aromatic rings. The summed E-state index contributed by atoms with van der Waals surface area (Å²) < 4.78 is 16.0. The Hall–Kier alpha value is -0.433. The van der Waals surface area contributed by atoms with E-state index in [0.717, 1.165) is 37.8 Å². The van der Waals surface area contributed by atoms with Gasteiger partial charge in [-0.25, -0.2) is 0 Å². The molecule has 0 amide bonds. The summed E-state index contributed by atoms with van der Waals surface area (Å²) in [5.74, 6) is 1.10. The van der Waals surface area contributed by atoms with Gasteiger partial charge in [-0.15, -0.1) is 0 Å². The van der Waals surface area contributed by atoms with Gasteiger partial charge in [-0.05, 0) is 6.42 Å². The lowest BCUT2D eigenvalue weighted by molar-refractivity contribution is 0.123. The number of amidine groups is 1. The summed E-state index contributed by atoms with van der Waals surface area (Å²) >= 11 is 0. The Morgan fingerprint density at radius 3 is 2.40 bits per heavy atom. The Morgan fingerprint density at radius 1 is 1.27 bits per heavy atom. The van der Waals surface area contributed by atoms with Gasteiger partial charge in [0.15, 0.2) is 0 Å². The Balaban J connectivity index is 2.27. The molecule has 1 aliphatic rings. The average Bonchev–Trinajstić information content (AvgIpc) is 2.78. The smallest absolute Gasteiger partial charge is 0.377 e. The lowest BCUT2D eigenvalue weighted by atomic mass is 10.3. The molecule has 0 fully saturated rings. The third kappa shape index (κ3) is 3.56. The predicted molar refractivity (Wildman–Crippen MR) is 61.1 cm³/mol. The molecular formula is C9H20N2O3Si. The first kappa shape index (κ1) is 12.6. The molecule has 0 aromatic heterocycles. The minimum Gasteiger partial charge on any atom is -0.377 e. The summed E-state index contributed by atoms with van der Waals surface area (Å²) in [6.07, 6.45) is 1.93. The molecule has 0 atom stereocenters. The molecule has 1 N–H and O–H groups in total. The third-order valence-corrected chi connectivity index (χ3v) is 5.41. The Bertz CT molecular complexity index is 211. The van der Waals surface area contributed by atoms with Crippen LogP contribution in [0.4, 0.5) is 0 Å². The van der Waals surface area contributed by atoms with E-state index in [1.165, 1.54) is 0 Å². The van der Waals surface area contributed by atoms with E-state index in [9.17, 15) is 0 Å². The van der Waals surface area contributed by atoms with Gasteiger partial charge in [-0.2, -0.15) is 0 Å². The average molecular weight is 232 g/mol. The molecule has 88 valence electrons. The molecule has 0 spiro atoms. The molecule has 0 aromatic carbocycles. The second-order valence-electron chi connectivity index (χ2n) is 3.40. The van der Waals surface area contributed by atoms with E-state index in [1.54, 1.807) is 21.3 Å². The quantitative estimate of drug-likeness (QED) is 0.655. The zero-order valence-corrected chi connectivity index (χ0v) is 10.7. The molecule has 15 heavy (non-hydrogen) atoms. The fraction of sp³-hybridized carbons (Fsp3) is 0.889. The van der Waals surface area contributed by atoms with Crippen molar-refractivity contribution in [3.63, 3.8) is 0 Å². The van der Waals surface area contributed by atoms with Crippen molar-refractivity contribution < 1.29 is 13.3 Å². The van der Waals surface area contributed by atoms with E-state index in [2.05, 4.69) is 10.3 Å². The molecule has 1 aliphatic heterocycles.